The van der Waals surface area contributed by atoms with Crippen molar-refractivity contribution in [1.82, 2.24) is 0 Å². The SMILES string of the molecule is COC(=O)C=CN(C)c1ccc(F)cc1. The molecule has 0 spiro atoms. The van der Waals surface area contributed by atoms with Gasteiger partial charge in [0.15, 0.2) is 0 Å². The van der Waals surface area contributed by atoms with Gasteiger partial charge in [-0.25, -0.2) is 9.18 Å². The molecule has 0 bridgehead atoms. The lowest BCUT2D eigenvalue weighted by Gasteiger charge is -2.13. The average molecular weight is 209 g/mol. The van der Waals surface area contributed by atoms with Crippen molar-refractivity contribution in [3.8, 4) is 0 Å². The number of esters is 1. The summed E-state index contributed by atoms with van der Waals surface area (Å²) in [6.45, 7) is 0. The first kappa shape index (κ1) is 11.2. The topological polar surface area (TPSA) is 29.5 Å². The fourth-order valence-corrected chi connectivity index (χ4v) is 1.00. The van der Waals surface area contributed by atoms with E-state index < -0.39 is 5.97 Å². The number of methoxy groups -OCH3 is 1. The summed E-state index contributed by atoms with van der Waals surface area (Å²) in [7, 11) is 3.07. The van der Waals surface area contributed by atoms with E-state index >= 15 is 0 Å². The number of hydrogen-bond donors (Lipinski definition) is 0. The Morgan fingerprint density at radius 2 is 2.00 bits per heavy atom. The third kappa shape index (κ3) is 3.42. The normalized spacial score (nSPS) is 10.3. The molecule has 0 aliphatic rings. The van der Waals surface area contributed by atoms with Crippen LogP contribution < -0.4 is 4.90 Å². The van der Waals surface area contributed by atoms with E-state index in [1.807, 2.05) is 0 Å². The van der Waals surface area contributed by atoms with Crippen LogP contribution in [0.1, 0.15) is 0 Å². The molecule has 80 valence electrons. The van der Waals surface area contributed by atoms with Crippen LogP contribution in [-0.2, 0) is 9.53 Å². The Hall–Kier alpha value is -1.84. The van der Waals surface area contributed by atoms with E-state index in [-0.39, 0.29) is 5.82 Å². The lowest BCUT2D eigenvalue weighted by atomic mass is 10.3. The molecule has 1 aromatic carbocycles. The first-order valence-electron chi connectivity index (χ1n) is 4.38. The number of nitrogens with zero attached hydrogens (tertiary/aromatic N) is 1. The van der Waals surface area contributed by atoms with Crippen LogP contribution in [0.2, 0.25) is 0 Å². The van der Waals surface area contributed by atoms with Crippen LogP contribution in [-0.4, -0.2) is 20.1 Å². The molecule has 0 fully saturated rings. The lowest BCUT2D eigenvalue weighted by Crippen LogP contribution is -2.09. The molecule has 1 rings (SSSR count). The first-order valence-corrected chi connectivity index (χ1v) is 4.38. The van der Waals surface area contributed by atoms with Gasteiger partial charge in [-0.2, -0.15) is 0 Å². The van der Waals surface area contributed by atoms with Crippen molar-refractivity contribution < 1.29 is 13.9 Å². The van der Waals surface area contributed by atoms with Gasteiger partial charge in [-0.05, 0) is 24.3 Å². The molecule has 0 saturated carbocycles. The maximum Gasteiger partial charge on any atom is 0.331 e. The molecule has 4 heteroatoms. The lowest BCUT2D eigenvalue weighted by molar-refractivity contribution is -0.134. The number of hydrogen-bond acceptors (Lipinski definition) is 3. The van der Waals surface area contributed by atoms with Crippen LogP contribution in [0.25, 0.3) is 0 Å². The number of halogens is 1. The van der Waals surface area contributed by atoms with E-state index in [0.29, 0.717) is 0 Å². The van der Waals surface area contributed by atoms with Crippen LogP contribution in [0.3, 0.4) is 0 Å². The Bertz CT molecular complexity index is 359. The average Bonchev–Trinajstić information content (AvgIpc) is 2.26. The Morgan fingerprint density at radius 3 is 2.53 bits per heavy atom. The highest BCUT2D eigenvalue weighted by atomic mass is 19.1. The van der Waals surface area contributed by atoms with E-state index in [4.69, 9.17) is 0 Å². The molecule has 1 aromatic rings. The molecule has 0 atom stereocenters. The van der Waals surface area contributed by atoms with Gasteiger partial charge in [0.25, 0.3) is 0 Å². The maximum atomic E-state index is 12.6. The minimum atomic E-state index is -0.427. The molecule has 0 aliphatic carbocycles. The number of ether oxygens (including phenoxy) is 1. The summed E-state index contributed by atoms with van der Waals surface area (Å²) in [6.07, 6.45) is 2.85. The van der Waals surface area contributed by atoms with Gasteiger partial charge in [-0.15, -0.1) is 0 Å². The van der Waals surface area contributed by atoms with Crippen LogP contribution in [0, 0.1) is 5.82 Å². The van der Waals surface area contributed by atoms with Gasteiger partial charge in [-0.1, -0.05) is 0 Å². The third-order valence-corrected chi connectivity index (χ3v) is 1.87. The Morgan fingerprint density at radius 1 is 1.40 bits per heavy atom. The van der Waals surface area contributed by atoms with Gasteiger partial charge in [0.1, 0.15) is 5.82 Å². The summed E-state index contributed by atoms with van der Waals surface area (Å²) < 4.78 is 17.1. The second kappa shape index (κ2) is 5.14. The Kier molecular flexibility index (Phi) is 3.85. The molecule has 0 unspecified atom stereocenters. The van der Waals surface area contributed by atoms with Crippen molar-refractivity contribution in [2.75, 3.05) is 19.1 Å². The van der Waals surface area contributed by atoms with Crippen molar-refractivity contribution in [2.24, 2.45) is 0 Å². The summed E-state index contributed by atoms with van der Waals surface area (Å²) in [4.78, 5) is 12.5. The van der Waals surface area contributed by atoms with Gasteiger partial charge in [0.05, 0.1) is 7.11 Å². The smallest absolute Gasteiger partial charge is 0.331 e. The minimum Gasteiger partial charge on any atom is -0.466 e. The van der Waals surface area contributed by atoms with E-state index in [1.54, 1.807) is 30.3 Å². The molecule has 0 amide bonds. The van der Waals surface area contributed by atoms with Crippen molar-refractivity contribution >= 4 is 11.7 Å². The highest BCUT2D eigenvalue weighted by molar-refractivity contribution is 5.82. The van der Waals surface area contributed by atoms with Gasteiger partial charge < -0.3 is 9.64 Å². The molecule has 0 aliphatic heterocycles. The van der Waals surface area contributed by atoms with Crippen LogP contribution >= 0.6 is 0 Å². The fourth-order valence-electron chi connectivity index (χ4n) is 1.00. The summed E-state index contributed by atoms with van der Waals surface area (Å²) in [6, 6.07) is 5.96. The zero-order valence-electron chi connectivity index (χ0n) is 8.61. The Labute approximate surface area is 87.8 Å². The molecular weight excluding hydrogens is 197 g/mol. The molecular formula is C11H12FNO2. The van der Waals surface area contributed by atoms with Gasteiger partial charge >= 0.3 is 5.97 Å². The summed E-state index contributed by atoms with van der Waals surface area (Å²) in [5.74, 6) is -0.715. The van der Waals surface area contributed by atoms with Gasteiger partial charge in [0.2, 0.25) is 0 Å². The number of benzene rings is 1. The third-order valence-electron chi connectivity index (χ3n) is 1.87. The van der Waals surface area contributed by atoms with Crippen LogP contribution in [0.15, 0.2) is 36.5 Å². The monoisotopic (exact) mass is 209 g/mol. The van der Waals surface area contributed by atoms with E-state index in [9.17, 15) is 9.18 Å². The van der Waals surface area contributed by atoms with Gasteiger partial charge in [0, 0.05) is 25.0 Å². The second-order valence-corrected chi connectivity index (χ2v) is 2.93. The Balaban J connectivity index is 2.68. The standard InChI is InChI=1S/C11H12FNO2/c1-13(8-7-11(14)15-2)10-5-3-9(12)4-6-10/h3-8H,1-2H3. The summed E-state index contributed by atoms with van der Waals surface area (Å²) >= 11 is 0. The van der Waals surface area contributed by atoms with E-state index in [0.717, 1.165) is 5.69 Å². The zero-order chi connectivity index (χ0) is 11.3. The second-order valence-electron chi connectivity index (χ2n) is 2.93. The number of anilines is 1. The molecule has 15 heavy (non-hydrogen) atoms. The van der Waals surface area contributed by atoms with Crippen molar-refractivity contribution in [3.05, 3.63) is 42.4 Å². The van der Waals surface area contributed by atoms with Crippen LogP contribution in [0.4, 0.5) is 10.1 Å². The predicted octanol–water partition coefficient (Wildman–Crippen LogP) is 1.95. The summed E-state index contributed by atoms with van der Waals surface area (Å²) in [5, 5.41) is 0. The van der Waals surface area contributed by atoms with Crippen molar-refractivity contribution in [2.45, 2.75) is 0 Å². The number of carbonyl (C=O) groups excluding carboxylic acids is 1. The largest absolute Gasteiger partial charge is 0.466 e. The highest BCUT2D eigenvalue weighted by Crippen LogP contribution is 2.12. The molecule has 0 radical (unpaired) electrons. The quantitative estimate of drug-likeness (QED) is 0.563. The van der Waals surface area contributed by atoms with Gasteiger partial charge in [-0.3, -0.25) is 0 Å². The van der Waals surface area contributed by atoms with Crippen molar-refractivity contribution in [3.63, 3.8) is 0 Å². The zero-order valence-corrected chi connectivity index (χ0v) is 8.61. The summed E-state index contributed by atoms with van der Waals surface area (Å²) in [5.41, 5.74) is 0.788. The molecule has 0 heterocycles. The number of carbonyl (C=O) groups is 1. The maximum absolute atomic E-state index is 12.6. The number of rotatable bonds is 3. The minimum absolute atomic E-state index is 0.288. The van der Waals surface area contributed by atoms with Crippen molar-refractivity contribution in [1.29, 1.82) is 0 Å². The highest BCUT2D eigenvalue weighted by Gasteiger charge is 1.98. The predicted molar refractivity (Wildman–Crippen MR) is 56.0 cm³/mol. The molecule has 0 N–H and O–H groups in total. The molecule has 3 nitrogen and oxygen atoms in total. The van der Waals surface area contributed by atoms with E-state index in [1.165, 1.54) is 25.3 Å². The van der Waals surface area contributed by atoms with E-state index in [2.05, 4.69) is 4.74 Å². The molecule has 0 aromatic heterocycles. The fraction of sp³-hybridized carbons (Fsp3) is 0.182. The molecule has 0 saturated heterocycles. The first-order chi connectivity index (χ1) is 7.13. The van der Waals surface area contributed by atoms with Crippen LogP contribution in [0.5, 0.6) is 0 Å².